The van der Waals surface area contributed by atoms with Crippen molar-refractivity contribution in [2.45, 2.75) is 38.9 Å². The number of aryl methyl sites for hydroxylation is 1. The van der Waals surface area contributed by atoms with Gasteiger partial charge in [-0.05, 0) is 44.4 Å². The Balaban J connectivity index is 1.79. The number of amides is 1. The predicted octanol–water partition coefficient (Wildman–Crippen LogP) is 3.31. The van der Waals surface area contributed by atoms with E-state index in [9.17, 15) is 4.79 Å². The number of imidazole rings is 1. The second kappa shape index (κ2) is 8.02. The fourth-order valence-corrected chi connectivity index (χ4v) is 3.70. The molecule has 0 saturated carbocycles. The lowest BCUT2D eigenvalue weighted by molar-refractivity contribution is -0.110. The van der Waals surface area contributed by atoms with Crippen LogP contribution in [0.1, 0.15) is 26.2 Å². The third-order valence-electron chi connectivity index (χ3n) is 4.90. The fourth-order valence-electron chi connectivity index (χ4n) is 3.51. The van der Waals surface area contributed by atoms with Crippen molar-refractivity contribution in [2.24, 2.45) is 0 Å². The first-order valence-corrected chi connectivity index (χ1v) is 9.79. The van der Waals surface area contributed by atoms with Crippen LogP contribution >= 0.6 is 11.6 Å². The Morgan fingerprint density at radius 3 is 3.00 bits per heavy atom. The summed E-state index contributed by atoms with van der Waals surface area (Å²) in [6.45, 7) is 3.58. The molecule has 0 radical (unpaired) electrons. The Hall–Kier alpha value is -2.87. The molecular formula is C19H22ClN7O. The second-order valence-electron chi connectivity index (χ2n) is 6.70. The largest absolute Gasteiger partial charge is 0.338 e. The highest BCUT2D eigenvalue weighted by Gasteiger charge is 2.26. The van der Waals surface area contributed by atoms with Crippen molar-refractivity contribution >= 4 is 46.6 Å². The van der Waals surface area contributed by atoms with Gasteiger partial charge >= 0.3 is 0 Å². The SMILES string of the molecule is CCn1cnc2c(Nc3cccc(Cl)c3)nc(N3CCCCC3NC=O)nc21. The standard InChI is InChI=1S/C19H22ClN7O/c1-2-26-11-21-16-17(23-14-7-5-6-13(20)10-14)24-19(25-18(16)26)27-9-4-3-8-15(27)22-12-28/h5-7,10-12,15H,2-4,8-9H2,1H3,(H,22,28)(H,23,24,25). The third-order valence-corrected chi connectivity index (χ3v) is 5.14. The van der Waals surface area contributed by atoms with Crippen LogP contribution in [0.25, 0.3) is 11.2 Å². The van der Waals surface area contributed by atoms with Crippen LogP contribution in [0.15, 0.2) is 30.6 Å². The summed E-state index contributed by atoms with van der Waals surface area (Å²) in [4.78, 5) is 27.1. The van der Waals surface area contributed by atoms with Crippen LogP contribution in [-0.2, 0) is 11.3 Å². The minimum absolute atomic E-state index is 0.110. The zero-order valence-electron chi connectivity index (χ0n) is 15.6. The molecule has 1 aliphatic rings. The molecule has 1 atom stereocenters. The number of rotatable bonds is 6. The van der Waals surface area contributed by atoms with Crippen molar-refractivity contribution in [1.82, 2.24) is 24.8 Å². The van der Waals surface area contributed by atoms with E-state index in [-0.39, 0.29) is 6.17 Å². The van der Waals surface area contributed by atoms with Gasteiger partial charge in [0.1, 0.15) is 6.17 Å². The summed E-state index contributed by atoms with van der Waals surface area (Å²) in [5, 5.41) is 6.85. The average Bonchev–Trinajstić information content (AvgIpc) is 3.12. The lowest BCUT2D eigenvalue weighted by Gasteiger charge is -2.35. The maximum absolute atomic E-state index is 11.0. The molecule has 2 aromatic heterocycles. The maximum atomic E-state index is 11.0. The van der Waals surface area contributed by atoms with Crippen LogP contribution in [0.2, 0.25) is 5.02 Å². The topological polar surface area (TPSA) is 88.0 Å². The quantitative estimate of drug-likeness (QED) is 0.618. The molecule has 3 heterocycles. The Bertz CT molecular complexity index is 990. The molecule has 1 unspecified atom stereocenters. The van der Waals surface area contributed by atoms with Crippen LogP contribution in [0, 0.1) is 0 Å². The molecule has 2 N–H and O–H groups in total. The van der Waals surface area contributed by atoms with Crippen LogP contribution in [0.4, 0.5) is 17.5 Å². The number of carbonyl (C=O) groups excluding carboxylic acids is 1. The maximum Gasteiger partial charge on any atom is 0.231 e. The molecule has 0 spiro atoms. The van der Waals surface area contributed by atoms with Gasteiger partial charge in [-0.1, -0.05) is 17.7 Å². The fraction of sp³-hybridized carbons (Fsp3) is 0.368. The highest BCUT2D eigenvalue weighted by atomic mass is 35.5. The van der Waals surface area contributed by atoms with Gasteiger partial charge in [-0.15, -0.1) is 0 Å². The number of nitrogens with one attached hydrogen (secondary N) is 2. The highest BCUT2D eigenvalue weighted by molar-refractivity contribution is 6.30. The molecule has 0 bridgehead atoms. The molecule has 146 valence electrons. The molecule has 1 fully saturated rings. The number of fused-ring (bicyclic) bond motifs is 1. The van der Waals surface area contributed by atoms with Gasteiger partial charge in [-0.2, -0.15) is 9.97 Å². The molecule has 1 aliphatic heterocycles. The van der Waals surface area contributed by atoms with Crippen molar-refractivity contribution in [3.8, 4) is 0 Å². The number of carbonyl (C=O) groups is 1. The van der Waals surface area contributed by atoms with Gasteiger partial charge in [-0.25, -0.2) is 4.98 Å². The molecule has 1 aromatic carbocycles. The lowest BCUT2D eigenvalue weighted by Crippen LogP contribution is -2.49. The molecule has 0 aliphatic carbocycles. The number of nitrogens with zero attached hydrogens (tertiary/aromatic N) is 5. The monoisotopic (exact) mass is 399 g/mol. The van der Waals surface area contributed by atoms with Gasteiger partial charge in [-0.3, -0.25) is 4.79 Å². The highest BCUT2D eigenvalue weighted by Crippen LogP contribution is 2.28. The summed E-state index contributed by atoms with van der Waals surface area (Å²) in [5.41, 5.74) is 2.28. The molecule has 1 saturated heterocycles. The molecule has 1 amide bonds. The van der Waals surface area contributed by atoms with E-state index in [1.165, 1.54) is 0 Å². The molecule has 9 heteroatoms. The second-order valence-corrected chi connectivity index (χ2v) is 7.14. The minimum atomic E-state index is -0.110. The van der Waals surface area contributed by atoms with E-state index >= 15 is 0 Å². The Labute approximate surface area is 167 Å². The van der Waals surface area contributed by atoms with E-state index in [2.05, 4.69) is 15.6 Å². The lowest BCUT2D eigenvalue weighted by atomic mass is 10.1. The number of hydrogen-bond acceptors (Lipinski definition) is 6. The van der Waals surface area contributed by atoms with Crippen LogP contribution in [-0.4, -0.2) is 38.6 Å². The summed E-state index contributed by atoms with van der Waals surface area (Å²) >= 11 is 6.12. The molecule has 28 heavy (non-hydrogen) atoms. The first kappa shape index (κ1) is 18.5. The summed E-state index contributed by atoms with van der Waals surface area (Å²) in [7, 11) is 0. The number of anilines is 3. The van der Waals surface area contributed by atoms with E-state index in [1.54, 1.807) is 6.33 Å². The third kappa shape index (κ3) is 3.60. The van der Waals surface area contributed by atoms with E-state index in [0.717, 1.165) is 50.1 Å². The number of benzene rings is 1. The van der Waals surface area contributed by atoms with Crippen LogP contribution in [0.5, 0.6) is 0 Å². The molecule has 3 aromatic rings. The number of piperidine rings is 1. The zero-order chi connectivity index (χ0) is 19.5. The summed E-state index contributed by atoms with van der Waals surface area (Å²) in [6, 6.07) is 7.46. The number of hydrogen-bond donors (Lipinski definition) is 2. The van der Waals surface area contributed by atoms with Gasteiger partial charge in [0.05, 0.1) is 6.33 Å². The smallest absolute Gasteiger partial charge is 0.231 e. The van der Waals surface area contributed by atoms with Crippen LogP contribution in [0.3, 0.4) is 0 Å². The van der Waals surface area contributed by atoms with E-state index < -0.39 is 0 Å². The zero-order valence-corrected chi connectivity index (χ0v) is 16.4. The van der Waals surface area contributed by atoms with E-state index in [4.69, 9.17) is 21.6 Å². The minimum Gasteiger partial charge on any atom is -0.338 e. The number of aromatic nitrogens is 4. The summed E-state index contributed by atoms with van der Waals surface area (Å²) < 4.78 is 1.98. The van der Waals surface area contributed by atoms with Gasteiger partial charge in [0, 0.05) is 23.8 Å². The first-order chi connectivity index (χ1) is 13.7. The Morgan fingerprint density at radius 2 is 2.21 bits per heavy atom. The van der Waals surface area contributed by atoms with Crippen molar-refractivity contribution in [1.29, 1.82) is 0 Å². The summed E-state index contributed by atoms with van der Waals surface area (Å²) in [5.74, 6) is 1.19. The van der Waals surface area contributed by atoms with E-state index in [1.807, 2.05) is 40.7 Å². The summed E-state index contributed by atoms with van der Waals surface area (Å²) in [6.07, 6.45) is 5.35. The van der Waals surface area contributed by atoms with Gasteiger partial charge in [0.2, 0.25) is 12.4 Å². The average molecular weight is 400 g/mol. The van der Waals surface area contributed by atoms with E-state index in [0.29, 0.717) is 22.3 Å². The van der Waals surface area contributed by atoms with Crippen molar-refractivity contribution in [2.75, 3.05) is 16.8 Å². The first-order valence-electron chi connectivity index (χ1n) is 9.41. The van der Waals surface area contributed by atoms with Gasteiger partial charge in [0.15, 0.2) is 17.0 Å². The Morgan fingerprint density at radius 1 is 1.32 bits per heavy atom. The molecular weight excluding hydrogens is 378 g/mol. The number of halogens is 1. The molecule has 8 nitrogen and oxygen atoms in total. The van der Waals surface area contributed by atoms with Crippen molar-refractivity contribution < 1.29 is 4.79 Å². The van der Waals surface area contributed by atoms with Crippen LogP contribution < -0.4 is 15.5 Å². The predicted molar refractivity (Wildman–Crippen MR) is 110 cm³/mol. The van der Waals surface area contributed by atoms with Gasteiger partial charge in [0.25, 0.3) is 0 Å². The van der Waals surface area contributed by atoms with Gasteiger partial charge < -0.3 is 20.1 Å². The van der Waals surface area contributed by atoms with Crippen molar-refractivity contribution in [3.63, 3.8) is 0 Å². The molecule has 4 rings (SSSR count). The Kier molecular flexibility index (Phi) is 5.29. The van der Waals surface area contributed by atoms with Crippen molar-refractivity contribution in [3.05, 3.63) is 35.6 Å². The normalized spacial score (nSPS) is 16.9.